The fourth-order valence-electron chi connectivity index (χ4n) is 7.12. The Kier molecular flexibility index (Phi) is 11.8. The number of phenols is 1. The Bertz CT molecular complexity index is 2010. The summed E-state index contributed by atoms with van der Waals surface area (Å²) in [5.41, 5.74) is -0.318. The number of fused-ring (bicyclic) bond motifs is 3. The lowest BCUT2D eigenvalue weighted by Crippen LogP contribution is -2.65. The van der Waals surface area contributed by atoms with Gasteiger partial charge in [0.2, 0.25) is 5.78 Å². The molecule has 2 aromatic rings. The number of hydrogen-bond acceptors (Lipinski definition) is 14. The van der Waals surface area contributed by atoms with Gasteiger partial charge in [0.1, 0.15) is 28.9 Å². The summed E-state index contributed by atoms with van der Waals surface area (Å²) < 4.78 is 22.7. The molecule has 53 heavy (non-hydrogen) atoms. The molecule has 0 fully saturated rings. The molecule has 288 valence electrons. The van der Waals surface area contributed by atoms with Gasteiger partial charge in [-0.25, -0.2) is 8.42 Å². The number of hydrogen-bond donors (Lipinski definition) is 9. The second kappa shape index (κ2) is 15.0. The van der Waals surface area contributed by atoms with Crippen molar-refractivity contribution in [1.29, 1.82) is 0 Å². The highest BCUT2D eigenvalue weighted by atomic mass is 35.5. The molecule has 3 aliphatic carbocycles. The Morgan fingerprint density at radius 1 is 1.06 bits per heavy atom. The van der Waals surface area contributed by atoms with Gasteiger partial charge in [-0.2, -0.15) is 0 Å². The van der Waals surface area contributed by atoms with Crippen LogP contribution in [0, 0.1) is 11.8 Å². The predicted molar refractivity (Wildman–Crippen MR) is 189 cm³/mol. The average Bonchev–Trinajstić information content (AvgIpc) is 3.06. The molecule has 0 saturated heterocycles. The second-order valence-corrected chi connectivity index (χ2v) is 16.5. The van der Waals surface area contributed by atoms with Crippen LogP contribution >= 0.6 is 23.2 Å². The molecule has 0 bridgehead atoms. The first kappa shape index (κ1) is 41.7. The van der Waals surface area contributed by atoms with Crippen molar-refractivity contribution in [2.75, 3.05) is 27.0 Å². The number of ketones is 2. The Hall–Kier alpha value is -4.07. The summed E-state index contributed by atoms with van der Waals surface area (Å²) >= 11 is 10.7. The van der Waals surface area contributed by atoms with E-state index < -0.39 is 114 Å². The molecule has 2 aromatic carbocycles. The smallest absolute Gasteiger partial charge is 0.255 e. The summed E-state index contributed by atoms with van der Waals surface area (Å²) in [4.78, 5) is 50.0. The van der Waals surface area contributed by atoms with Gasteiger partial charge in [-0.3, -0.25) is 24.1 Å². The van der Waals surface area contributed by atoms with Crippen molar-refractivity contribution in [3.05, 3.63) is 81.8 Å². The van der Waals surface area contributed by atoms with Gasteiger partial charge in [0.15, 0.2) is 26.1 Å². The van der Waals surface area contributed by atoms with Gasteiger partial charge in [0, 0.05) is 23.7 Å². The number of primary amides is 1. The zero-order valence-corrected chi connectivity index (χ0v) is 31.0. The number of rotatable bonds is 8. The number of halogens is 2. The molecule has 0 aromatic heterocycles. The highest BCUT2D eigenvalue weighted by molar-refractivity contribution is 7.90. The van der Waals surface area contributed by atoms with E-state index in [0.717, 1.165) is 6.26 Å². The number of phenolic OH excluding ortho intramolecular Hbond substituents is 1. The minimum Gasteiger partial charge on any atom is -0.510 e. The number of nitrogens with two attached hydrogens (primary N) is 1. The monoisotopic (exact) mass is 799 g/mol. The maximum atomic E-state index is 13.3. The number of nitrogens with zero attached hydrogens (tertiary/aromatic N) is 1. The van der Waals surface area contributed by atoms with Crippen molar-refractivity contribution < 1.29 is 63.3 Å². The van der Waals surface area contributed by atoms with Crippen molar-refractivity contribution in [2.45, 2.75) is 52.5 Å². The number of carbonyl (C=O) groups excluding carboxylic acids is 4. The molecule has 0 radical (unpaired) electrons. The number of alkyl halides is 2. The van der Waals surface area contributed by atoms with E-state index >= 15 is 0 Å². The normalized spacial score (nSPS) is 26.6. The second-order valence-electron chi connectivity index (χ2n) is 13.3. The van der Waals surface area contributed by atoms with E-state index in [1.165, 1.54) is 68.4 Å². The van der Waals surface area contributed by atoms with Crippen molar-refractivity contribution in [1.82, 2.24) is 10.2 Å². The summed E-state index contributed by atoms with van der Waals surface area (Å²) in [6, 6.07) is 7.49. The van der Waals surface area contributed by atoms with Crippen LogP contribution in [0.15, 0.2) is 70.0 Å². The molecule has 0 saturated carbocycles. The third-order valence-corrected chi connectivity index (χ3v) is 11.3. The van der Waals surface area contributed by atoms with Crippen LogP contribution in [0.1, 0.15) is 40.9 Å². The van der Waals surface area contributed by atoms with Crippen molar-refractivity contribution in [3.63, 3.8) is 0 Å². The molecular formula is C34H39Cl2N3O13S. The van der Waals surface area contributed by atoms with Crippen molar-refractivity contribution in [2.24, 2.45) is 17.6 Å². The average molecular weight is 801 g/mol. The summed E-state index contributed by atoms with van der Waals surface area (Å²) in [5.74, 6) is -8.64. The number of aliphatic hydroxyl groups is 6. The molecule has 0 unspecified atom stereocenters. The molecule has 0 aliphatic heterocycles. The fraction of sp³-hybridized carbons (Fsp3) is 0.412. The van der Waals surface area contributed by atoms with Crippen molar-refractivity contribution in [3.8, 4) is 5.75 Å². The first-order chi connectivity index (χ1) is 24.4. The molecule has 0 spiro atoms. The number of Topliss-reactive ketones (excluding diaryl/α,β-unsaturated/α-hetero) is 2. The summed E-state index contributed by atoms with van der Waals surface area (Å²) in [6.07, 6.45) is -0.371. The van der Waals surface area contributed by atoms with Crippen LogP contribution < -0.4 is 11.1 Å². The van der Waals surface area contributed by atoms with Gasteiger partial charge < -0.3 is 46.8 Å². The van der Waals surface area contributed by atoms with Gasteiger partial charge in [-0.1, -0.05) is 47.5 Å². The molecule has 10 N–H and O–H groups in total. The maximum Gasteiger partial charge on any atom is 0.255 e. The topological polar surface area (TPSA) is 285 Å². The van der Waals surface area contributed by atoms with Gasteiger partial charge in [-0.05, 0) is 56.8 Å². The van der Waals surface area contributed by atoms with E-state index in [0.29, 0.717) is 5.56 Å². The highest BCUT2D eigenvalue weighted by Gasteiger charge is 2.65. The molecular weight excluding hydrogens is 761 g/mol. The molecule has 0 heterocycles. The largest absolute Gasteiger partial charge is 0.510 e. The maximum absolute atomic E-state index is 13.3. The minimum atomic E-state index is -3.34. The van der Waals surface area contributed by atoms with Crippen LogP contribution in [0.3, 0.4) is 0 Å². The number of nitrogens with one attached hydrogen (secondary N) is 1. The van der Waals surface area contributed by atoms with E-state index in [1.54, 1.807) is 0 Å². The van der Waals surface area contributed by atoms with Crippen LogP contribution in [0.5, 0.6) is 5.75 Å². The Balaban J connectivity index is 0.000000260. The number of likely N-dealkylation sites (N-methyl/N-ethyl adjacent to an activating group) is 1. The van der Waals surface area contributed by atoms with Gasteiger partial charge in [0.05, 0.1) is 34.8 Å². The van der Waals surface area contributed by atoms with E-state index in [2.05, 4.69) is 5.32 Å². The Morgan fingerprint density at radius 2 is 1.64 bits per heavy atom. The molecule has 19 heteroatoms. The predicted octanol–water partition coefficient (Wildman–Crippen LogP) is 0.190. The van der Waals surface area contributed by atoms with Gasteiger partial charge >= 0.3 is 0 Å². The summed E-state index contributed by atoms with van der Waals surface area (Å²) in [6.45, 7) is 0.862. The Labute approximate surface area is 313 Å². The number of amides is 2. The van der Waals surface area contributed by atoms with Crippen LogP contribution in [-0.2, 0) is 29.8 Å². The van der Waals surface area contributed by atoms with Crippen LogP contribution in [0.25, 0.3) is 0 Å². The Morgan fingerprint density at radius 3 is 2.13 bits per heavy atom. The zero-order valence-electron chi connectivity index (χ0n) is 28.7. The summed E-state index contributed by atoms with van der Waals surface area (Å²) in [7, 11) is -0.274. The fourth-order valence-corrected chi connectivity index (χ4v) is 7.88. The number of benzene rings is 2. The van der Waals surface area contributed by atoms with Crippen LogP contribution in [0.4, 0.5) is 0 Å². The number of aliphatic hydroxyl groups excluding tert-OH is 4. The van der Waals surface area contributed by atoms with E-state index in [-0.39, 0.29) is 22.4 Å². The number of sulfone groups is 1. The molecule has 2 amide bonds. The third-order valence-electron chi connectivity index (χ3n) is 9.78. The van der Waals surface area contributed by atoms with E-state index in [4.69, 9.17) is 28.9 Å². The first-order valence-corrected chi connectivity index (χ1v) is 18.6. The lowest BCUT2D eigenvalue weighted by atomic mass is 9.55. The zero-order chi connectivity index (χ0) is 40.1. The minimum absolute atomic E-state index is 0.101. The highest BCUT2D eigenvalue weighted by Crippen LogP contribution is 2.56. The molecule has 5 rings (SSSR count). The lowest BCUT2D eigenvalue weighted by Gasteiger charge is -2.52. The van der Waals surface area contributed by atoms with Crippen LogP contribution in [0.2, 0.25) is 0 Å². The standard InChI is InChI=1S/C22H24N2O8.C12H15Cl2NO5S/c1-21(31)8-5-4-6-11(25)12(8)16(26)13-9(21)7-10-15(24(2)3)17(27)14(20(23)30)19(29)22(10,32)18(13)28;1-21(19,20)8-4-2-7(3-5-8)10(17)9(6-16)15-12(18)11(13)14/h4-6,9-10,15,25,27-28,31-32H,7H2,1-3H3,(H2,23,30);2-5,9-11,16-17H,6H2,1H3,(H,15,18)/t9-,10-,15-,21+,22-;9-,10-/m01/s1. The number of carbonyl (C=O) groups is 4. The molecule has 16 nitrogen and oxygen atoms in total. The summed E-state index contributed by atoms with van der Waals surface area (Å²) in [5, 5.41) is 76.6. The van der Waals surface area contributed by atoms with Crippen molar-refractivity contribution >= 4 is 56.4 Å². The van der Waals surface area contributed by atoms with Gasteiger partial charge in [-0.15, -0.1) is 0 Å². The number of aromatic hydroxyl groups is 1. The van der Waals surface area contributed by atoms with Gasteiger partial charge in [0.25, 0.3) is 11.8 Å². The van der Waals surface area contributed by atoms with Crippen LogP contribution in [-0.4, -0.2) is 122 Å². The molecule has 7 atom stereocenters. The lowest BCUT2D eigenvalue weighted by molar-refractivity contribution is -0.152. The van der Waals surface area contributed by atoms with E-state index in [1.807, 2.05) is 0 Å². The molecule has 3 aliphatic rings. The van der Waals surface area contributed by atoms with E-state index in [9.17, 15) is 63.3 Å². The third kappa shape index (κ3) is 7.27. The SMILES string of the molecule is CN(C)[C@@H]1C(O)=C(C(N)=O)C(=O)[C@@]2(O)C(O)=C3C(=O)c4c(O)cccc4[C@@](C)(O)[C@H]3C[C@@H]12.CS(=O)(=O)c1ccc([C@@H](O)[C@@H](CO)NC(=O)C(Cl)Cl)cc1. The first-order valence-electron chi connectivity index (χ1n) is 15.8. The quantitative estimate of drug-likeness (QED) is 0.127.